The summed E-state index contributed by atoms with van der Waals surface area (Å²) in [6.45, 7) is 8.17. The lowest BCUT2D eigenvalue weighted by Gasteiger charge is -2.48. The summed E-state index contributed by atoms with van der Waals surface area (Å²) in [5.41, 5.74) is 1.35. The molecular formula is C22H35ClN2O3. The highest BCUT2D eigenvalue weighted by Gasteiger charge is 2.39. The van der Waals surface area contributed by atoms with Gasteiger partial charge in [0.05, 0.1) is 13.2 Å². The molecule has 2 fully saturated rings. The summed E-state index contributed by atoms with van der Waals surface area (Å²) >= 11 is 0. The van der Waals surface area contributed by atoms with Crippen LogP contribution in [0.2, 0.25) is 0 Å². The summed E-state index contributed by atoms with van der Waals surface area (Å²) in [6, 6.07) is 7.99. The topological polar surface area (TPSA) is 50.8 Å². The molecule has 0 spiro atoms. The maximum absolute atomic E-state index is 12.7. The quantitative estimate of drug-likeness (QED) is 0.746. The minimum atomic E-state index is -0.497. The maximum Gasteiger partial charge on any atom is 0.260 e. The van der Waals surface area contributed by atoms with Gasteiger partial charge >= 0.3 is 0 Å². The molecule has 5 nitrogen and oxygen atoms in total. The first-order valence-corrected chi connectivity index (χ1v) is 10.5. The monoisotopic (exact) mass is 410 g/mol. The summed E-state index contributed by atoms with van der Waals surface area (Å²) in [5.74, 6) is 0.711. The lowest BCUT2D eigenvalue weighted by molar-refractivity contribution is -0.128. The lowest BCUT2D eigenvalue weighted by Crippen LogP contribution is -2.60. The Kier molecular flexibility index (Phi) is 9.06. The molecule has 1 atom stereocenters. The average molecular weight is 411 g/mol. The van der Waals surface area contributed by atoms with Gasteiger partial charge in [0.2, 0.25) is 0 Å². The molecule has 0 radical (unpaired) electrons. The molecule has 28 heavy (non-hydrogen) atoms. The predicted octanol–water partition coefficient (Wildman–Crippen LogP) is 3.59. The largest absolute Gasteiger partial charge is 0.481 e. The van der Waals surface area contributed by atoms with Gasteiger partial charge in [-0.15, -0.1) is 12.4 Å². The normalized spacial score (nSPS) is 20.6. The molecule has 1 amide bonds. The first-order chi connectivity index (χ1) is 13.1. The molecule has 1 aromatic rings. The number of carbonyl (C=O) groups is 1. The molecule has 1 saturated carbocycles. The standard InChI is InChI=1S/C22H34N2O3.ClH/c1-3-19-7-9-20(10-8-19)27-18(2)21(25)23-17-22(11-5-4-6-12-22)24-13-15-26-16-14-24;/h7-10,18H,3-6,11-17H2,1-2H3,(H,23,25);1H. The van der Waals surface area contributed by atoms with E-state index in [0.717, 1.165) is 51.3 Å². The second kappa shape index (κ2) is 11.0. The summed E-state index contributed by atoms with van der Waals surface area (Å²) < 4.78 is 11.4. The van der Waals surface area contributed by atoms with Crippen LogP contribution < -0.4 is 10.1 Å². The average Bonchev–Trinajstić information content (AvgIpc) is 2.74. The van der Waals surface area contributed by atoms with E-state index in [-0.39, 0.29) is 23.9 Å². The molecule has 0 bridgehead atoms. The van der Waals surface area contributed by atoms with Crippen LogP contribution in [0, 0.1) is 0 Å². The van der Waals surface area contributed by atoms with Gasteiger partial charge < -0.3 is 14.8 Å². The van der Waals surface area contributed by atoms with Crippen molar-refractivity contribution in [3.63, 3.8) is 0 Å². The van der Waals surface area contributed by atoms with Crippen molar-refractivity contribution in [2.75, 3.05) is 32.8 Å². The van der Waals surface area contributed by atoms with Crippen molar-refractivity contribution < 1.29 is 14.3 Å². The number of aryl methyl sites for hydroxylation is 1. The van der Waals surface area contributed by atoms with Crippen molar-refractivity contribution in [1.29, 1.82) is 0 Å². The van der Waals surface area contributed by atoms with Gasteiger partial charge in [-0.05, 0) is 43.9 Å². The number of halogens is 1. The van der Waals surface area contributed by atoms with E-state index in [1.807, 2.05) is 19.1 Å². The van der Waals surface area contributed by atoms with Crippen LogP contribution in [0.4, 0.5) is 0 Å². The van der Waals surface area contributed by atoms with E-state index in [4.69, 9.17) is 9.47 Å². The summed E-state index contributed by atoms with van der Waals surface area (Å²) in [6.07, 6.45) is 6.59. The van der Waals surface area contributed by atoms with Crippen LogP contribution in [0.3, 0.4) is 0 Å². The summed E-state index contributed by atoms with van der Waals surface area (Å²) in [7, 11) is 0. The van der Waals surface area contributed by atoms with Crippen molar-refractivity contribution in [1.82, 2.24) is 10.2 Å². The molecule has 1 aliphatic carbocycles. The van der Waals surface area contributed by atoms with Gasteiger partial charge in [0.1, 0.15) is 5.75 Å². The van der Waals surface area contributed by atoms with Crippen LogP contribution in [-0.2, 0) is 16.0 Å². The van der Waals surface area contributed by atoms with E-state index in [0.29, 0.717) is 6.54 Å². The Bertz CT molecular complexity index is 596. The third-order valence-electron chi connectivity index (χ3n) is 6.07. The van der Waals surface area contributed by atoms with E-state index >= 15 is 0 Å². The van der Waals surface area contributed by atoms with Gasteiger partial charge in [0, 0.05) is 25.2 Å². The van der Waals surface area contributed by atoms with Crippen molar-refractivity contribution in [3.8, 4) is 5.75 Å². The van der Waals surface area contributed by atoms with Gasteiger partial charge in [-0.1, -0.05) is 38.3 Å². The van der Waals surface area contributed by atoms with Crippen molar-refractivity contribution in [2.24, 2.45) is 0 Å². The molecule has 1 saturated heterocycles. The van der Waals surface area contributed by atoms with E-state index in [9.17, 15) is 4.79 Å². The third-order valence-corrected chi connectivity index (χ3v) is 6.07. The smallest absolute Gasteiger partial charge is 0.260 e. The molecule has 1 aromatic carbocycles. The molecule has 1 heterocycles. The number of amides is 1. The molecule has 3 rings (SSSR count). The Morgan fingerprint density at radius 3 is 2.43 bits per heavy atom. The van der Waals surface area contributed by atoms with Crippen LogP contribution in [0.25, 0.3) is 0 Å². The van der Waals surface area contributed by atoms with Crippen LogP contribution in [-0.4, -0.2) is 55.3 Å². The lowest BCUT2D eigenvalue weighted by atomic mass is 9.79. The minimum Gasteiger partial charge on any atom is -0.481 e. The summed E-state index contributed by atoms with van der Waals surface area (Å²) in [5, 5.41) is 3.19. The van der Waals surface area contributed by atoms with Crippen LogP contribution in [0.1, 0.15) is 51.5 Å². The van der Waals surface area contributed by atoms with Gasteiger partial charge in [-0.2, -0.15) is 0 Å². The molecule has 6 heteroatoms. The van der Waals surface area contributed by atoms with E-state index < -0.39 is 6.10 Å². The number of nitrogens with zero attached hydrogens (tertiary/aromatic N) is 1. The fourth-order valence-corrected chi connectivity index (χ4v) is 4.31. The number of hydrogen-bond donors (Lipinski definition) is 1. The number of ether oxygens (including phenoxy) is 2. The zero-order valence-corrected chi connectivity index (χ0v) is 18.1. The molecule has 0 aromatic heterocycles. The van der Waals surface area contributed by atoms with E-state index in [1.54, 1.807) is 0 Å². The number of hydrogen-bond acceptors (Lipinski definition) is 4. The highest BCUT2D eigenvalue weighted by Crippen LogP contribution is 2.33. The highest BCUT2D eigenvalue weighted by molar-refractivity contribution is 5.85. The Hall–Kier alpha value is -1.30. The third kappa shape index (κ3) is 5.85. The van der Waals surface area contributed by atoms with Crippen LogP contribution in [0.5, 0.6) is 5.75 Å². The number of benzene rings is 1. The van der Waals surface area contributed by atoms with Crippen molar-refractivity contribution in [3.05, 3.63) is 29.8 Å². The second-order valence-corrected chi connectivity index (χ2v) is 7.86. The zero-order valence-electron chi connectivity index (χ0n) is 17.2. The van der Waals surface area contributed by atoms with Gasteiger partial charge in [-0.25, -0.2) is 0 Å². The number of carbonyl (C=O) groups excluding carboxylic acids is 1. The number of rotatable bonds is 7. The molecule has 1 N–H and O–H groups in total. The molecule has 158 valence electrons. The molecule has 1 aliphatic heterocycles. The zero-order chi connectivity index (χ0) is 19.1. The number of nitrogens with one attached hydrogen (secondary N) is 1. The Morgan fingerprint density at radius 2 is 1.82 bits per heavy atom. The second-order valence-electron chi connectivity index (χ2n) is 7.86. The van der Waals surface area contributed by atoms with E-state index in [1.165, 1.54) is 24.8 Å². The molecular weight excluding hydrogens is 376 g/mol. The predicted molar refractivity (Wildman–Crippen MR) is 114 cm³/mol. The Morgan fingerprint density at radius 1 is 1.18 bits per heavy atom. The highest BCUT2D eigenvalue weighted by atomic mass is 35.5. The molecule has 2 aliphatic rings. The minimum absolute atomic E-state index is 0. The van der Waals surface area contributed by atoms with Gasteiger partial charge in [0.15, 0.2) is 6.10 Å². The summed E-state index contributed by atoms with van der Waals surface area (Å²) in [4.78, 5) is 15.2. The first-order valence-electron chi connectivity index (χ1n) is 10.5. The first kappa shape index (κ1) is 23.0. The Labute approximate surface area is 175 Å². The molecule has 1 unspecified atom stereocenters. The van der Waals surface area contributed by atoms with E-state index in [2.05, 4.69) is 29.3 Å². The van der Waals surface area contributed by atoms with Crippen LogP contribution in [0.15, 0.2) is 24.3 Å². The SMILES string of the molecule is CCc1ccc(OC(C)C(=O)NCC2(N3CCOCC3)CCCCC2)cc1.Cl. The van der Waals surface area contributed by atoms with Crippen LogP contribution >= 0.6 is 12.4 Å². The Balaban J connectivity index is 0.00000280. The fourth-order valence-electron chi connectivity index (χ4n) is 4.31. The van der Waals surface area contributed by atoms with Gasteiger partial charge in [-0.3, -0.25) is 9.69 Å². The fraction of sp³-hybridized carbons (Fsp3) is 0.682. The maximum atomic E-state index is 12.7. The van der Waals surface area contributed by atoms with Crippen molar-refractivity contribution >= 4 is 18.3 Å². The number of morpholine rings is 1. The van der Waals surface area contributed by atoms with Crippen molar-refractivity contribution in [2.45, 2.75) is 64.0 Å². The van der Waals surface area contributed by atoms with Gasteiger partial charge in [0.25, 0.3) is 5.91 Å².